The quantitative estimate of drug-likeness (QED) is 0.583. The minimum Gasteiger partial charge on any atom is -0.459 e. The number of hydrogen-bond acceptors (Lipinski definition) is 5. The van der Waals surface area contributed by atoms with Crippen molar-refractivity contribution in [3.8, 4) is 10.8 Å². The number of carbonyl (C=O) groups is 1. The maximum absolute atomic E-state index is 12.7. The Morgan fingerprint density at radius 1 is 1.21 bits per heavy atom. The van der Waals surface area contributed by atoms with Crippen LogP contribution >= 0.6 is 22.9 Å². The van der Waals surface area contributed by atoms with Crippen molar-refractivity contribution in [1.29, 1.82) is 0 Å². The molecule has 4 rings (SSSR count). The molecule has 1 aliphatic heterocycles. The zero-order valence-electron chi connectivity index (χ0n) is 16.6. The van der Waals surface area contributed by atoms with Crippen LogP contribution in [-0.2, 0) is 11.2 Å². The molecule has 7 heteroatoms. The van der Waals surface area contributed by atoms with Gasteiger partial charge in [-0.3, -0.25) is 9.69 Å². The largest absolute Gasteiger partial charge is 0.459 e. The van der Waals surface area contributed by atoms with E-state index in [-0.39, 0.29) is 11.9 Å². The first kappa shape index (κ1) is 20.1. The Labute approximate surface area is 179 Å². The van der Waals surface area contributed by atoms with Gasteiger partial charge < -0.3 is 9.32 Å². The maximum Gasteiger partial charge on any atom is 0.228 e. The number of aromatic nitrogens is 1. The van der Waals surface area contributed by atoms with Gasteiger partial charge in [-0.25, -0.2) is 4.98 Å². The van der Waals surface area contributed by atoms with E-state index in [2.05, 4.69) is 22.9 Å². The van der Waals surface area contributed by atoms with E-state index in [1.165, 1.54) is 11.3 Å². The number of amides is 1. The third-order valence-electron chi connectivity index (χ3n) is 5.41. The summed E-state index contributed by atoms with van der Waals surface area (Å²) in [7, 11) is 0. The second kappa shape index (κ2) is 8.69. The van der Waals surface area contributed by atoms with Crippen molar-refractivity contribution < 1.29 is 9.21 Å². The number of benzene rings is 1. The average molecular weight is 430 g/mol. The summed E-state index contributed by atoms with van der Waals surface area (Å²) in [5, 5.41) is 3.56. The van der Waals surface area contributed by atoms with E-state index in [9.17, 15) is 4.79 Å². The summed E-state index contributed by atoms with van der Waals surface area (Å²) in [6.07, 6.45) is 0.330. The van der Waals surface area contributed by atoms with Gasteiger partial charge in [0, 0.05) is 42.6 Å². The van der Waals surface area contributed by atoms with E-state index in [1.807, 2.05) is 47.5 Å². The molecule has 0 N–H and O–H groups in total. The van der Waals surface area contributed by atoms with Crippen LogP contribution in [0.5, 0.6) is 0 Å². The molecule has 0 spiro atoms. The molecule has 0 aliphatic carbocycles. The molecular formula is C22H24ClN3O2S. The number of aryl methyl sites for hydroxylation is 1. The third-order valence-corrected chi connectivity index (χ3v) is 6.66. The molecule has 1 atom stereocenters. The fraction of sp³-hybridized carbons (Fsp3) is 0.364. The Kier molecular flexibility index (Phi) is 6.04. The lowest BCUT2D eigenvalue weighted by Gasteiger charge is -2.38. The van der Waals surface area contributed by atoms with Crippen LogP contribution < -0.4 is 0 Å². The maximum atomic E-state index is 12.7. The molecular weight excluding hydrogens is 406 g/mol. The van der Waals surface area contributed by atoms with Crippen molar-refractivity contribution in [2.45, 2.75) is 26.3 Å². The monoisotopic (exact) mass is 429 g/mol. The van der Waals surface area contributed by atoms with Gasteiger partial charge in [-0.15, -0.1) is 11.3 Å². The fourth-order valence-corrected chi connectivity index (χ4v) is 4.76. The van der Waals surface area contributed by atoms with Crippen molar-refractivity contribution in [3.05, 3.63) is 63.8 Å². The van der Waals surface area contributed by atoms with Gasteiger partial charge in [0.15, 0.2) is 10.8 Å². The number of carbonyl (C=O) groups excluding carboxylic acids is 1. The highest BCUT2D eigenvalue weighted by molar-refractivity contribution is 7.13. The Balaban J connectivity index is 1.32. The third kappa shape index (κ3) is 4.55. The normalized spacial score (nSPS) is 16.2. The van der Waals surface area contributed by atoms with E-state index in [4.69, 9.17) is 16.0 Å². The highest BCUT2D eigenvalue weighted by Crippen LogP contribution is 2.28. The van der Waals surface area contributed by atoms with Crippen LogP contribution in [0.3, 0.4) is 0 Å². The van der Waals surface area contributed by atoms with Crippen LogP contribution in [0.1, 0.15) is 30.0 Å². The molecule has 1 amide bonds. The van der Waals surface area contributed by atoms with Crippen molar-refractivity contribution in [3.63, 3.8) is 0 Å². The number of rotatable bonds is 5. The van der Waals surface area contributed by atoms with E-state index >= 15 is 0 Å². The van der Waals surface area contributed by atoms with Gasteiger partial charge in [0.1, 0.15) is 5.76 Å². The molecule has 3 aromatic rings. The lowest BCUT2D eigenvalue weighted by atomic mass is 10.1. The number of piperazine rings is 1. The van der Waals surface area contributed by atoms with Gasteiger partial charge >= 0.3 is 0 Å². The Morgan fingerprint density at radius 2 is 1.97 bits per heavy atom. The molecule has 0 radical (unpaired) electrons. The number of hydrogen-bond donors (Lipinski definition) is 0. The minimum atomic E-state index is 0.127. The molecule has 0 saturated carbocycles. The van der Waals surface area contributed by atoms with E-state index in [0.717, 1.165) is 59.0 Å². The molecule has 0 bridgehead atoms. The first-order chi connectivity index (χ1) is 14.0. The molecule has 1 aliphatic rings. The first-order valence-corrected chi connectivity index (χ1v) is 11.0. The number of thiazole rings is 1. The topological polar surface area (TPSA) is 49.6 Å². The summed E-state index contributed by atoms with van der Waals surface area (Å²) in [6, 6.07) is 12.0. The van der Waals surface area contributed by atoms with E-state index in [0.29, 0.717) is 6.42 Å². The fourth-order valence-electron chi connectivity index (χ4n) is 3.69. The average Bonchev–Trinajstić information content (AvgIpc) is 3.37. The van der Waals surface area contributed by atoms with Crippen molar-refractivity contribution >= 4 is 28.8 Å². The standard InChI is InChI=1S/C22H24ClN3O2S/c1-15-7-8-20(28-15)22-24-17(14-29-22)13-21(27)26-11-9-25(10-12-26)16(2)18-5-3-4-6-19(18)23/h3-8,14,16H,9-13H2,1-2H3. The summed E-state index contributed by atoms with van der Waals surface area (Å²) >= 11 is 7.86. The lowest BCUT2D eigenvalue weighted by Crippen LogP contribution is -2.49. The molecule has 2 aromatic heterocycles. The Morgan fingerprint density at radius 3 is 2.66 bits per heavy atom. The molecule has 1 saturated heterocycles. The van der Waals surface area contributed by atoms with Crippen LogP contribution in [0.15, 0.2) is 46.2 Å². The van der Waals surface area contributed by atoms with Gasteiger partial charge in [0.2, 0.25) is 5.91 Å². The summed E-state index contributed by atoms with van der Waals surface area (Å²) < 4.78 is 5.62. The van der Waals surface area contributed by atoms with Crippen molar-refractivity contribution in [2.24, 2.45) is 0 Å². The number of nitrogens with zero attached hydrogens (tertiary/aromatic N) is 3. The predicted molar refractivity (Wildman–Crippen MR) is 116 cm³/mol. The highest BCUT2D eigenvalue weighted by Gasteiger charge is 2.26. The van der Waals surface area contributed by atoms with Crippen LogP contribution in [0.4, 0.5) is 0 Å². The van der Waals surface area contributed by atoms with Gasteiger partial charge in [0.25, 0.3) is 0 Å². The SMILES string of the molecule is Cc1ccc(-c2nc(CC(=O)N3CCN(C(C)c4ccccc4Cl)CC3)cs2)o1. The van der Waals surface area contributed by atoms with Crippen LogP contribution in [-0.4, -0.2) is 46.9 Å². The van der Waals surface area contributed by atoms with Crippen molar-refractivity contribution in [1.82, 2.24) is 14.8 Å². The zero-order valence-corrected chi connectivity index (χ0v) is 18.2. The van der Waals surface area contributed by atoms with Gasteiger partial charge in [-0.1, -0.05) is 29.8 Å². The van der Waals surface area contributed by atoms with E-state index < -0.39 is 0 Å². The summed E-state index contributed by atoms with van der Waals surface area (Å²) in [5.41, 5.74) is 1.94. The molecule has 29 heavy (non-hydrogen) atoms. The van der Waals surface area contributed by atoms with Gasteiger partial charge in [0.05, 0.1) is 12.1 Å². The highest BCUT2D eigenvalue weighted by atomic mass is 35.5. The second-order valence-electron chi connectivity index (χ2n) is 7.35. The van der Waals surface area contributed by atoms with Gasteiger partial charge in [-0.05, 0) is 37.6 Å². The summed E-state index contributed by atoms with van der Waals surface area (Å²) in [6.45, 7) is 7.21. The molecule has 1 unspecified atom stereocenters. The van der Waals surface area contributed by atoms with Crippen LogP contribution in [0.25, 0.3) is 10.8 Å². The zero-order chi connectivity index (χ0) is 20.4. The minimum absolute atomic E-state index is 0.127. The smallest absolute Gasteiger partial charge is 0.228 e. The number of furan rings is 1. The molecule has 152 valence electrons. The van der Waals surface area contributed by atoms with E-state index in [1.54, 1.807) is 0 Å². The molecule has 1 fully saturated rings. The molecule has 5 nitrogen and oxygen atoms in total. The predicted octanol–water partition coefficient (Wildman–Crippen LogP) is 4.81. The van der Waals surface area contributed by atoms with Gasteiger partial charge in [-0.2, -0.15) is 0 Å². The van der Waals surface area contributed by atoms with Crippen LogP contribution in [0.2, 0.25) is 5.02 Å². The Hall–Kier alpha value is -2.15. The second-order valence-corrected chi connectivity index (χ2v) is 8.61. The molecule has 1 aromatic carbocycles. The number of halogens is 1. The first-order valence-electron chi connectivity index (χ1n) is 9.78. The summed E-state index contributed by atoms with van der Waals surface area (Å²) in [4.78, 5) is 21.6. The lowest BCUT2D eigenvalue weighted by molar-refractivity contribution is -0.132. The molecule has 3 heterocycles. The Bertz CT molecular complexity index is 991. The van der Waals surface area contributed by atoms with Crippen molar-refractivity contribution in [2.75, 3.05) is 26.2 Å². The van der Waals surface area contributed by atoms with Crippen LogP contribution in [0, 0.1) is 6.92 Å². The summed E-state index contributed by atoms with van der Waals surface area (Å²) in [5.74, 6) is 1.74.